The highest BCUT2D eigenvalue weighted by Gasteiger charge is 2.16. The standard InChI is InChI=1S/C19H28O3/c1-3-13-22-18-14-16(11-12-17(18)19(20)21-2)10-9-15-7-5-4-6-8-15/h11-12,14-15H,3-10,13H2,1-2H3. The van der Waals surface area contributed by atoms with Gasteiger partial charge in [-0.15, -0.1) is 0 Å². The summed E-state index contributed by atoms with van der Waals surface area (Å²) in [4.78, 5) is 11.8. The molecule has 1 aliphatic rings. The van der Waals surface area contributed by atoms with Crippen molar-refractivity contribution in [3.63, 3.8) is 0 Å². The minimum atomic E-state index is -0.329. The molecule has 1 aliphatic carbocycles. The molecule has 0 spiro atoms. The third-order valence-electron chi connectivity index (χ3n) is 4.48. The molecule has 0 bridgehead atoms. The summed E-state index contributed by atoms with van der Waals surface area (Å²) in [7, 11) is 1.41. The Labute approximate surface area is 134 Å². The van der Waals surface area contributed by atoms with Crippen LogP contribution in [0.2, 0.25) is 0 Å². The molecule has 0 radical (unpaired) electrons. The minimum absolute atomic E-state index is 0.329. The van der Waals surface area contributed by atoms with Gasteiger partial charge in [-0.05, 0) is 42.9 Å². The van der Waals surface area contributed by atoms with Crippen LogP contribution in [-0.2, 0) is 11.2 Å². The summed E-state index contributed by atoms with van der Waals surface area (Å²) >= 11 is 0. The van der Waals surface area contributed by atoms with Crippen molar-refractivity contribution in [1.29, 1.82) is 0 Å². The molecular formula is C19H28O3. The average molecular weight is 304 g/mol. The lowest BCUT2D eigenvalue weighted by molar-refractivity contribution is 0.0596. The lowest BCUT2D eigenvalue weighted by Gasteiger charge is -2.21. The Kier molecular flexibility index (Phi) is 6.75. The Morgan fingerprint density at radius 1 is 1.23 bits per heavy atom. The van der Waals surface area contributed by atoms with Gasteiger partial charge in [0.2, 0.25) is 0 Å². The Bertz CT molecular complexity index is 476. The van der Waals surface area contributed by atoms with E-state index >= 15 is 0 Å². The maximum Gasteiger partial charge on any atom is 0.341 e. The van der Waals surface area contributed by atoms with Gasteiger partial charge in [0.05, 0.1) is 13.7 Å². The molecule has 0 heterocycles. The monoisotopic (exact) mass is 304 g/mol. The van der Waals surface area contributed by atoms with E-state index in [9.17, 15) is 4.79 Å². The SMILES string of the molecule is CCCOc1cc(CCC2CCCCC2)ccc1C(=O)OC. The zero-order valence-corrected chi connectivity index (χ0v) is 13.9. The number of hydrogen-bond donors (Lipinski definition) is 0. The van der Waals surface area contributed by atoms with Crippen LogP contribution in [0.3, 0.4) is 0 Å². The molecule has 0 amide bonds. The normalized spacial score (nSPS) is 15.5. The number of esters is 1. The molecule has 0 aromatic heterocycles. The van der Waals surface area contributed by atoms with Crippen LogP contribution in [-0.4, -0.2) is 19.7 Å². The molecule has 1 fully saturated rings. The second kappa shape index (κ2) is 8.82. The minimum Gasteiger partial charge on any atom is -0.493 e. The molecule has 3 heteroatoms. The van der Waals surface area contributed by atoms with E-state index in [0.29, 0.717) is 17.9 Å². The highest BCUT2D eigenvalue weighted by atomic mass is 16.5. The highest BCUT2D eigenvalue weighted by Crippen LogP contribution is 2.29. The fourth-order valence-electron chi connectivity index (χ4n) is 3.18. The quantitative estimate of drug-likeness (QED) is 0.680. The lowest BCUT2D eigenvalue weighted by atomic mass is 9.85. The fraction of sp³-hybridized carbons (Fsp3) is 0.632. The maximum atomic E-state index is 11.8. The topological polar surface area (TPSA) is 35.5 Å². The van der Waals surface area contributed by atoms with E-state index in [1.807, 2.05) is 18.2 Å². The fourth-order valence-corrected chi connectivity index (χ4v) is 3.18. The van der Waals surface area contributed by atoms with Gasteiger partial charge in [0, 0.05) is 0 Å². The van der Waals surface area contributed by atoms with Gasteiger partial charge in [-0.25, -0.2) is 4.79 Å². The van der Waals surface area contributed by atoms with Gasteiger partial charge >= 0.3 is 5.97 Å². The molecule has 22 heavy (non-hydrogen) atoms. The Balaban J connectivity index is 2.02. The van der Waals surface area contributed by atoms with Crippen molar-refractivity contribution < 1.29 is 14.3 Å². The molecule has 1 aromatic carbocycles. The lowest BCUT2D eigenvalue weighted by Crippen LogP contribution is -2.09. The Morgan fingerprint density at radius 3 is 2.68 bits per heavy atom. The first-order valence-corrected chi connectivity index (χ1v) is 8.58. The molecule has 2 rings (SSSR count). The molecule has 0 saturated heterocycles. The zero-order valence-electron chi connectivity index (χ0n) is 13.9. The summed E-state index contributed by atoms with van der Waals surface area (Å²) in [5.74, 6) is 1.20. The molecule has 0 aliphatic heterocycles. The molecule has 1 saturated carbocycles. The smallest absolute Gasteiger partial charge is 0.341 e. The summed E-state index contributed by atoms with van der Waals surface area (Å²) in [6.07, 6.45) is 10.2. The Morgan fingerprint density at radius 2 is 2.00 bits per heavy atom. The van der Waals surface area contributed by atoms with Crippen molar-refractivity contribution in [3.05, 3.63) is 29.3 Å². The summed E-state index contributed by atoms with van der Waals surface area (Å²) < 4.78 is 10.6. The molecule has 0 atom stereocenters. The van der Waals surface area contributed by atoms with E-state index in [0.717, 1.165) is 18.8 Å². The van der Waals surface area contributed by atoms with E-state index in [4.69, 9.17) is 9.47 Å². The van der Waals surface area contributed by atoms with Gasteiger partial charge in [-0.2, -0.15) is 0 Å². The second-order valence-electron chi connectivity index (χ2n) is 6.21. The van der Waals surface area contributed by atoms with E-state index in [-0.39, 0.29) is 5.97 Å². The maximum absolute atomic E-state index is 11.8. The van der Waals surface area contributed by atoms with Crippen molar-refractivity contribution in [2.75, 3.05) is 13.7 Å². The average Bonchev–Trinajstić information content (AvgIpc) is 2.58. The van der Waals surface area contributed by atoms with Crippen molar-refractivity contribution in [1.82, 2.24) is 0 Å². The van der Waals surface area contributed by atoms with Crippen LogP contribution in [0.1, 0.15) is 67.8 Å². The van der Waals surface area contributed by atoms with Gasteiger partial charge in [0.1, 0.15) is 11.3 Å². The van der Waals surface area contributed by atoms with Crippen LogP contribution in [0.15, 0.2) is 18.2 Å². The van der Waals surface area contributed by atoms with E-state index in [2.05, 4.69) is 6.92 Å². The third kappa shape index (κ3) is 4.75. The first-order chi connectivity index (χ1) is 10.7. The second-order valence-corrected chi connectivity index (χ2v) is 6.21. The van der Waals surface area contributed by atoms with Crippen molar-refractivity contribution in [2.24, 2.45) is 5.92 Å². The summed E-state index contributed by atoms with van der Waals surface area (Å²) in [6.45, 7) is 2.68. The Hall–Kier alpha value is -1.51. The van der Waals surface area contributed by atoms with Crippen LogP contribution >= 0.6 is 0 Å². The van der Waals surface area contributed by atoms with Crippen LogP contribution < -0.4 is 4.74 Å². The van der Waals surface area contributed by atoms with Gasteiger partial charge < -0.3 is 9.47 Å². The molecule has 122 valence electrons. The molecule has 3 nitrogen and oxygen atoms in total. The van der Waals surface area contributed by atoms with Crippen molar-refractivity contribution in [2.45, 2.75) is 58.3 Å². The number of benzene rings is 1. The van der Waals surface area contributed by atoms with Gasteiger partial charge in [-0.3, -0.25) is 0 Å². The van der Waals surface area contributed by atoms with Gasteiger partial charge in [0.25, 0.3) is 0 Å². The van der Waals surface area contributed by atoms with E-state index in [1.165, 1.54) is 51.2 Å². The van der Waals surface area contributed by atoms with Crippen LogP contribution in [0.4, 0.5) is 0 Å². The van der Waals surface area contributed by atoms with Crippen LogP contribution in [0.25, 0.3) is 0 Å². The van der Waals surface area contributed by atoms with Crippen molar-refractivity contribution >= 4 is 5.97 Å². The predicted octanol–water partition coefficient (Wildman–Crippen LogP) is 4.77. The third-order valence-corrected chi connectivity index (χ3v) is 4.48. The predicted molar refractivity (Wildman–Crippen MR) is 88.5 cm³/mol. The number of methoxy groups -OCH3 is 1. The summed E-state index contributed by atoms with van der Waals surface area (Å²) in [5.41, 5.74) is 1.78. The number of hydrogen-bond acceptors (Lipinski definition) is 3. The first kappa shape index (κ1) is 16.9. The molecule has 0 N–H and O–H groups in total. The molecule has 1 aromatic rings. The largest absolute Gasteiger partial charge is 0.493 e. The number of carbonyl (C=O) groups is 1. The van der Waals surface area contributed by atoms with Crippen LogP contribution in [0.5, 0.6) is 5.75 Å². The highest BCUT2D eigenvalue weighted by molar-refractivity contribution is 5.92. The van der Waals surface area contributed by atoms with E-state index in [1.54, 1.807) is 0 Å². The molecule has 0 unspecified atom stereocenters. The van der Waals surface area contributed by atoms with Crippen LogP contribution in [0, 0.1) is 5.92 Å². The molecular weight excluding hydrogens is 276 g/mol. The summed E-state index contributed by atoms with van der Waals surface area (Å²) in [5, 5.41) is 0. The van der Waals surface area contributed by atoms with Gasteiger partial charge in [0.15, 0.2) is 0 Å². The summed E-state index contributed by atoms with van der Waals surface area (Å²) in [6, 6.07) is 5.89. The van der Waals surface area contributed by atoms with Crippen molar-refractivity contribution in [3.8, 4) is 5.75 Å². The zero-order chi connectivity index (χ0) is 15.8. The first-order valence-electron chi connectivity index (χ1n) is 8.58. The number of rotatable bonds is 7. The number of aryl methyl sites for hydroxylation is 1. The van der Waals surface area contributed by atoms with Gasteiger partial charge in [-0.1, -0.05) is 45.1 Å². The number of ether oxygens (including phenoxy) is 2. The number of carbonyl (C=O) groups excluding carboxylic acids is 1. The van der Waals surface area contributed by atoms with E-state index < -0.39 is 0 Å².